The number of rotatable bonds is 7. The summed E-state index contributed by atoms with van der Waals surface area (Å²) in [4.78, 5) is 14.2. The van der Waals surface area contributed by atoms with Crippen molar-refractivity contribution in [2.45, 2.75) is 46.0 Å². The largest absolute Gasteiger partial charge is 0.396 e. The van der Waals surface area contributed by atoms with Crippen LogP contribution in [0, 0.1) is 11.8 Å². The van der Waals surface area contributed by atoms with Crippen molar-refractivity contribution in [2.24, 2.45) is 11.8 Å². The lowest BCUT2D eigenvalue weighted by Crippen LogP contribution is -2.37. The van der Waals surface area contributed by atoms with Crippen LogP contribution in [0.25, 0.3) is 0 Å². The van der Waals surface area contributed by atoms with Crippen LogP contribution in [0.5, 0.6) is 0 Å². The number of hydrogen-bond donors (Lipinski definition) is 1. The Bertz CT molecular complexity index is 230. The van der Waals surface area contributed by atoms with Gasteiger partial charge in [0.2, 0.25) is 0 Å². The average molecular weight is 241 g/mol. The molecule has 0 amide bonds. The zero-order valence-corrected chi connectivity index (χ0v) is 11.3. The molecule has 3 nitrogen and oxygen atoms in total. The van der Waals surface area contributed by atoms with E-state index in [1.807, 2.05) is 0 Å². The fourth-order valence-corrected chi connectivity index (χ4v) is 2.73. The van der Waals surface area contributed by atoms with E-state index in [1.165, 1.54) is 6.42 Å². The first kappa shape index (κ1) is 14.7. The summed E-state index contributed by atoms with van der Waals surface area (Å²) in [6.07, 6.45) is 4.96. The Morgan fingerprint density at radius 3 is 2.76 bits per heavy atom. The van der Waals surface area contributed by atoms with Gasteiger partial charge in [-0.15, -0.1) is 0 Å². The Labute approximate surface area is 105 Å². The van der Waals surface area contributed by atoms with Crippen molar-refractivity contribution >= 4 is 5.78 Å². The number of carbonyl (C=O) groups is 1. The molecule has 2 atom stereocenters. The lowest BCUT2D eigenvalue weighted by Gasteiger charge is -2.31. The Morgan fingerprint density at radius 2 is 2.18 bits per heavy atom. The summed E-state index contributed by atoms with van der Waals surface area (Å²) in [5, 5.41) is 8.86. The predicted octanol–water partition coefficient (Wildman–Crippen LogP) is 2.09. The maximum atomic E-state index is 11.9. The molecule has 0 aromatic heterocycles. The summed E-state index contributed by atoms with van der Waals surface area (Å²) in [5.74, 6) is 1.44. The number of carbonyl (C=O) groups excluding carboxylic acids is 1. The minimum atomic E-state index is 0.243. The second-order valence-corrected chi connectivity index (χ2v) is 5.18. The van der Waals surface area contributed by atoms with Gasteiger partial charge in [-0.05, 0) is 31.7 Å². The molecule has 0 bridgehead atoms. The minimum absolute atomic E-state index is 0.243. The van der Waals surface area contributed by atoms with Crippen LogP contribution in [0.3, 0.4) is 0 Å². The molecule has 1 rings (SSSR count). The van der Waals surface area contributed by atoms with Crippen LogP contribution in [-0.4, -0.2) is 42.0 Å². The topological polar surface area (TPSA) is 40.5 Å². The van der Waals surface area contributed by atoms with Crippen molar-refractivity contribution in [1.29, 1.82) is 0 Å². The van der Waals surface area contributed by atoms with E-state index < -0.39 is 0 Å². The first-order valence-corrected chi connectivity index (χ1v) is 7.07. The maximum absolute atomic E-state index is 11.9. The van der Waals surface area contributed by atoms with Crippen LogP contribution in [0.1, 0.15) is 46.0 Å². The van der Waals surface area contributed by atoms with E-state index in [1.54, 1.807) is 0 Å². The monoisotopic (exact) mass is 241 g/mol. The van der Waals surface area contributed by atoms with Gasteiger partial charge in [-0.1, -0.05) is 20.3 Å². The Kier molecular flexibility index (Phi) is 6.75. The van der Waals surface area contributed by atoms with Crippen molar-refractivity contribution < 1.29 is 9.90 Å². The lowest BCUT2D eigenvalue weighted by molar-refractivity contribution is -0.126. The minimum Gasteiger partial charge on any atom is -0.396 e. The molecule has 0 aromatic rings. The highest BCUT2D eigenvalue weighted by molar-refractivity contribution is 5.81. The second-order valence-electron chi connectivity index (χ2n) is 5.18. The smallest absolute Gasteiger partial charge is 0.137 e. The lowest BCUT2D eigenvalue weighted by atomic mass is 9.79. The molecular formula is C14H27NO2. The van der Waals surface area contributed by atoms with Crippen molar-refractivity contribution in [2.75, 3.05) is 26.2 Å². The molecule has 1 fully saturated rings. The van der Waals surface area contributed by atoms with Crippen molar-refractivity contribution in [3.8, 4) is 0 Å². The van der Waals surface area contributed by atoms with Crippen LogP contribution >= 0.6 is 0 Å². The first-order valence-electron chi connectivity index (χ1n) is 7.07. The van der Waals surface area contributed by atoms with Crippen molar-refractivity contribution in [3.63, 3.8) is 0 Å². The normalized spacial score (nSPS) is 25.5. The first-order chi connectivity index (χ1) is 8.21. The maximum Gasteiger partial charge on any atom is 0.137 e. The summed E-state index contributed by atoms with van der Waals surface area (Å²) in [7, 11) is 0. The molecule has 1 N–H and O–H groups in total. The van der Waals surface area contributed by atoms with Crippen molar-refractivity contribution in [3.05, 3.63) is 0 Å². The van der Waals surface area contributed by atoms with E-state index in [9.17, 15) is 4.79 Å². The average Bonchev–Trinajstić information content (AvgIpc) is 2.36. The van der Waals surface area contributed by atoms with Gasteiger partial charge >= 0.3 is 0 Å². The summed E-state index contributed by atoms with van der Waals surface area (Å²) in [6, 6.07) is 0. The number of hydrogen-bond acceptors (Lipinski definition) is 3. The van der Waals surface area contributed by atoms with Crippen molar-refractivity contribution in [1.82, 2.24) is 4.90 Å². The van der Waals surface area contributed by atoms with E-state index in [0.29, 0.717) is 5.78 Å². The Morgan fingerprint density at radius 1 is 1.41 bits per heavy atom. The highest BCUT2D eigenvalue weighted by Gasteiger charge is 2.28. The molecule has 17 heavy (non-hydrogen) atoms. The molecule has 2 unspecified atom stereocenters. The standard InChI is InChI=1S/C14H27NO2/c1-3-12-6-7-14(17)13(10-12)11-15(4-2)8-5-9-16/h12-13,16H,3-11H2,1-2H3. The summed E-state index contributed by atoms with van der Waals surface area (Å²) >= 11 is 0. The molecule has 0 aliphatic heterocycles. The molecule has 1 aliphatic carbocycles. The van der Waals surface area contributed by atoms with Gasteiger partial charge in [0.25, 0.3) is 0 Å². The Hall–Kier alpha value is -0.410. The fraction of sp³-hybridized carbons (Fsp3) is 0.929. The molecule has 0 heterocycles. The van der Waals surface area contributed by atoms with Gasteiger partial charge in [0.05, 0.1) is 0 Å². The molecule has 0 radical (unpaired) electrons. The van der Waals surface area contributed by atoms with Crippen LogP contribution in [0.15, 0.2) is 0 Å². The predicted molar refractivity (Wildman–Crippen MR) is 69.9 cm³/mol. The molecule has 1 aliphatic rings. The quantitative estimate of drug-likeness (QED) is 0.742. The SMILES string of the molecule is CCC1CCC(=O)C(CN(CC)CCCO)C1. The highest BCUT2D eigenvalue weighted by Crippen LogP contribution is 2.29. The molecule has 100 valence electrons. The molecule has 0 aromatic carbocycles. The molecule has 0 spiro atoms. The third-order valence-electron chi connectivity index (χ3n) is 4.01. The highest BCUT2D eigenvalue weighted by atomic mass is 16.3. The zero-order valence-electron chi connectivity index (χ0n) is 11.3. The summed E-state index contributed by atoms with van der Waals surface area (Å²) in [5.41, 5.74) is 0. The van der Waals surface area contributed by atoms with Gasteiger partial charge in [0.1, 0.15) is 5.78 Å². The van der Waals surface area contributed by atoms with E-state index in [4.69, 9.17) is 5.11 Å². The zero-order chi connectivity index (χ0) is 12.7. The van der Waals surface area contributed by atoms with E-state index >= 15 is 0 Å². The van der Waals surface area contributed by atoms with Gasteiger partial charge < -0.3 is 10.0 Å². The van der Waals surface area contributed by atoms with Crippen LogP contribution < -0.4 is 0 Å². The number of aliphatic hydroxyl groups is 1. The fourth-order valence-electron chi connectivity index (χ4n) is 2.73. The number of Topliss-reactive ketones (excluding diaryl/α,β-unsaturated/α-hetero) is 1. The van der Waals surface area contributed by atoms with Gasteiger partial charge in [0, 0.05) is 32.0 Å². The molecule has 0 saturated heterocycles. The van der Waals surface area contributed by atoms with E-state index in [0.717, 1.165) is 51.2 Å². The van der Waals surface area contributed by atoms with Gasteiger partial charge in [0.15, 0.2) is 0 Å². The van der Waals surface area contributed by atoms with Crippen LogP contribution in [-0.2, 0) is 4.79 Å². The van der Waals surface area contributed by atoms with Crippen LogP contribution in [0.2, 0.25) is 0 Å². The Balaban J connectivity index is 2.43. The van der Waals surface area contributed by atoms with Crippen LogP contribution in [0.4, 0.5) is 0 Å². The molecule has 1 saturated carbocycles. The van der Waals surface area contributed by atoms with Gasteiger partial charge in [-0.2, -0.15) is 0 Å². The summed E-state index contributed by atoms with van der Waals surface area (Å²) in [6.45, 7) is 7.37. The third kappa shape index (κ3) is 4.76. The number of nitrogens with zero attached hydrogens (tertiary/aromatic N) is 1. The second kappa shape index (κ2) is 7.83. The number of ketones is 1. The van der Waals surface area contributed by atoms with Gasteiger partial charge in [-0.25, -0.2) is 0 Å². The van der Waals surface area contributed by atoms with E-state index in [2.05, 4.69) is 18.7 Å². The molecule has 3 heteroatoms. The number of aliphatic hydroxyl groups excluding tert-OH is 1. The molecular weight excluding hydrogens is 214 g/mol. The third-order valence-corrected chi connectivity index (χ3v) is 4.01. The van der Waals surface area contributed by atoms with Gasteiger partial charge in [-0.3, -0.25) is 4.79 Å². The summed E-state index contributed by atoms with van der Waals surface area (Å²) < 4.78 is 0. The van der Waals surface area contributed by atoms with E-state index in [-0.39, 0.29) is 12.5 Å².